The van der Waals surface area contributed by atoms with E-state index in [1.165, 1.54) is 17.7 Å². The molecule has 17 heavy (non-hydrogen) atoms. The topological polar surface area (TPSA) is 49.4 Å². The van der Waals surface area contributed by atoms with Crippen LogP contribution in [-0.4, -0.2) is 35.8 Å². The first kappa shape index (κ1) is 12.6. The second-order valence-corrected chi connectivity index (χ2v) is 5.24. The molecule has 1 saturated heterocycles. The second kappa shape index (κ2) is 4.77. The summed E-state index contributed by atoms with van der Waals surface area (Å²) in [6.07, 6.45) is 4.40. The normalized spacial score (nSPS) is 23.5. The van der Waals surface area contributed by atoms with Crippen LogP contribution in [0.4, 0.5) is 0 Å². The Morgan fingerprint density at radius 3 is 2.41 bits per heavy atom. The fourth-order valence-electron chi connectivity index (χ4n) is 2.56. The van der Waals surface area contributed by atoms with E-state index in [0.29, 0.717) is 19.0 Å². The maximum Gasteiger partial charge on any atom is 0.235 e. The summed E-state index contributed by atoms with van der Waals surface area (Å²) in [4.78, 5) is 25.6. The van der Waals surface area contributed by atoms with Crippen molar-refractivity contribution in [2.45, 2.75) is 52.0 Å². The summed E-state index contributed by atoms with van der Waals surface area (Å²) < 4.78 is 0. The first-order valence-electron chi connectivity index (χ1n) is 6.71. The Hall–Kier alpha value is -0.900. The quantitative estimate of drug-likeness (QED) is 0.710. The number of carbonyl (C=O) groups is 2. The summed E-state index contributed by atoms with van der Waals surface area (Å²) in [6.45, 7) is 5.28. The number of carbonyl (C=O) groups excluding carboxylic acids is 2. The van der Waals surface area contributed by atoms with Gasteiger partial charge >= 0.3 is 0 Å². The molecule has 0 radical (unpaired) electrons. The summed E-state index contributed by atoms with van der Waals surface area (Å²) in [5, 5.41) is 3.34. The predicted octanol–water partition coefficient (Wildman–Crippen LogP) is 1.30. The van der Waals surface area contributed by atoms with E-state index in [2.05, 4.69) is 5.32 Å². The van der Waals surface area contributed by atoms with E-state index in [1.54, 1.807) is 0 Å². The third kappa shape index (κ3) is 2.37. The van der Waals surface area contributed by atoms with Crippen molar-refractivity contribution < 1.29 is 9.59 Å². The zero-order chi connectivity index (χ0) is 12.5. The van der Waals surface area contributed by atoms with Crippen LogP contribution in [0.1, 0.15) is 46.0 Å². The van der Waals surface area contributed by atoms with Gasteiger partial charge in [0.2, 0.25) is 11.8 Å². The van der Waals surface area contributed by atoms with Crippen LogP contribution in [0.5, 0.6) is 0 Å². The van der Waals surface area contributed by atoms with Crippen molar-refractivity contribution in [3.63, 3.8) is 0 Å². The molecule has 0 spiro atoms. The zero-order valence-corrected chi connectivity index (χ0v) is 10.8. The lowest BCUT2D eigenvalue weighted by atomic mass is 9.81. The molecule has 4 heteroatoms. The molecule has 2 rings (SSSR count). The Labute approximate surface area is 103 Å². The molecule has 0 atom stereocenters. The second-order valence-electron chi connectivity index (χ2n) is 5.24. The molecule has 0 aromatic rings. The van der Waals surface area contributed by atoms with Gasteiger partial charge in [0.05, 0.1) is 5.41 Å². The van der Waals surface area contributed by atoms with Gasteiger partial charge in [0.1, 0.15) is 0 Å². The number of nitrogens with zero attached hydrogens (tertiary/aromatic N) is 1. The number of hydrogen-bond acceptors (Lipinski definition) is 3. The van der Waals surface area contributed by atoms with E-state index in [-0.39, 0.29) is 11.8 Å². The Morgan fingerprint density at radius 2 is 1.94 bits per heavy atom. The van der Waals surface area contributed by atoms with Crippen molar-refractivity contribution >= 4 is 11.8 Å². The molecule has 1 saturated carbocycles. The summed E-state index contributed by atoms with van der Waals surface area (Å²) >= 11 is 0. The molecule has 96 valence electrons. The standard InChI is InChI=1S/C13H22N2O2/c1-3-13(4-2)9-11(16)15(12(13)17)8-7-14-10-5-6-10/h10,14H,3-9H2,1-2H3. The molecule has 1 aliphatic carbocycles. The zero-order valence-electron chi connectivity index (χ0n) is 10.8. The summed E-state index contributed by atoms with van der Waals surface area (Å²) in [5.74, 6) is 0.0568. The van der Waals surface area contributed by atoms with Crippen LogP contribution in [0.3, 0.4) is 0 Å². The monoisotopic (exact) mass is 238 g/mol. The Kier molecular flexibility index (Phi) is 3.52. The molecule has 4 nitrogen and oxygen atoms in total. The van der Waals surface area contributed by atoms with Crippen LogP contribution in [0.2, 0.25) is 0 Å². The number of amides is 2. The van der Waals surface area contributed by atoms with Gasteiger partial charge in [-0.05, 0) is 25.7 Å². The number of rotatable bonds is 6. The Balaban J connectivity index is 1.92. The first-order valence-corrected chi connectivity index (χ1v) is 6.71. The van der Waals surface area contributed by atoms with E-state index < -0.39 is 5.41 Å². The van der Waals surface area contributed by atoms with E-state index in [1.807, 2.05) is 13.8 Å². The molecule has 2 fully saturated rings. The fourth-order valence-corrected chi connectivity index (χ4v) is 2.56. The third-order valence-electron chi connectivity index (χ3n) is 4.19. The molecule has 1 N–H and O–H groups in total. The van der Waals surface area contributed by atoms with Crippen molar-refractivity contribution in [3.8, 4) is 0 Å². The highest BCUT2D eigenvalue weighted by Crippen LogP contribution is 2.38. The number of likely N-dealkylation sites (tertiary alicyclic amines) is 1. The minimum Gasteiger partial charge on any atom is -0.312 e. The molecule has 2 aliphatic rings. The number of nitrogens with one attached hydrogen (secondary N) is 1. The summed E-state index contributed by atoms with van der Waals surface area (Å²) in [6, 6.07) is 0.630. The van der Waals surface area contributed by atoms with Gasteiger partial charge in [-0.1, -0.05) is 13.8 Å². The smallest absolute Gasteiger partial charge is 0.235 e. The molecular weight excluding hydrogens is 216 g/mol. The largest absolute Gasteiger partial charge is 0.312 e. The van der Waals surface area contributed by atoms with Crippen molar-refractivity contribution in [3.05, 3.63) is 0 Å². The predicted molar refractivity (Wildman–Crippen MR) is 65.4 cm³/mol. The van der Waals surface area contributed by atoms with Crippen molar-refractivity contribution in [2.24, 2.45) is 5.41 Å². The van der Waals surface area contributed by atoms with E-state index >= 15 is 0 Å². The van der Waals surface area contributed by atoms with E-state index in [0.717, 1.165) is 19.4 Å². The van der Waals surface area contributed by atoms with Gasteiger partial charge < -0.3 is 5.32 Å². The van der Waals surface area contributed by atoms with Crippen molar-refractivity contribution in [1.29, 1.82) is 0 Å². The molecular formula is C13H22N2O2. The lowest BCUT2D eigenvalue weighted by molar-refractivity contribution is -0.141. The van der Waals surface area contributed by atoms with Gasteiger partial charge in [0.25, 0.3) is 0 Å². The Morgan fingerprint density at radius 1 is 1.29 bits per heavy atom. The molecule has 0 aromatic heterocycles. The van der Waals surface area contributed by atoms with Gasteiger partial charge in [-0.3, -0.25) is 14.5 Å². The highest BCUT2D eigenvalue weighted by molar-refractivity contribution is 6.05. The van der Waals surface area contributed by atoms with Gasteiger partial charge in [-0.15, -0.1) is 0 Å². The minimum atomic E-state index is -0.406. The molecule has 1 heterocycles. The average molecular weight is 238 g/mol. The minimum absolute atomic E-state index is 0.0105. The summed E-state index contributed by atoms with van der Waals surface area (Å²) in [7, 11) is 0. The lowest BCUT2D eigenvalue weighted by Gasteiger charge is -2.23. The summed E-state index contributed by atoms with van der Waals surface area (Å²) in [5.41, 5.74) is -0.406. The highest BCUT2D eigenvalue weighted by atomic mass is 16.2. The van der Waals surface area contributed by atoms with Gasteiger partial charge in [-0.25, -0.2) is 0 Å². The SMILES string of the molecule is CCC1(CC)CC(=O)N(CCNC2CC2)C1=O. The Bertz CT molecular complexity index is 319. The lowest BCUT2D eigenvalue weighted by Crippen LogP contribution is -2.39. The molecule has 2 amide bonds. The number of hydrogen-bond donors (Lipinski definition) is 1. The van der Waals surface area contributed by atoms with Gasteiger partial charge in [0, 0.05) is 25.6 Å². The first-order chi connectivity index (χ1) is 8.13. The van der Waals surface area contributed by atoms with Crippen LogP contribution in [-0.2, 0) is 9.59 Å². The number of imide groups is 1. The molecule has 1 aliphatic heterocycles. The van der Waals surface area contributed by atoms with E-state index in [9.17, 15) is 9.59 Å². The highest BCUT2D eigenvalue weighted by Gasteiger charge is 2.48. The van der Waals surface area contributed by atoms with Crippen LogP contribution in [0.15, 0.2) is 0 Å². The van der Waals surface area contributed by atoms with Crippen LogP contribution >= 0.6 is 0 Å². The van der Waals surface area contributed by atoms with Crippen molar-refractivity contribution in [1.82, 2.24) is 10.2 Å². The van der Waals surface area contributed by atoms with Crippen LogP contribution in [0.25, 0.3) is 0 Å². The fraction of sp³-hybridized carbons (Fsp3) is 0.846. The maximum atomic E-state index is 12.3. The molecule has 0 unspecified atom stereocenters. The van der Waals surface area contributed by atoms with Gasteiger partial charge in [0.15, 0.2) is 0 Å². The molecule has 0 bridgehead atoms. The third-order valence-corrected chi connectivity index (χ3v) is 4.19. The van der Waals surface area contributed by atoms with Crippen LogP contribution < -0.4 is 5.32 Å². The molecule has 0 aromatic carbocycles. The van der Waals surface area contributed by atoms with Crippen molar-refractivity contribution in [2.75, 3.05) is 13.1 Å². The van der Waals surface area contributed by atoms with E-state index in [4.69, 9.17) is 0 Å². The average Bonchev–Trinajstić information content (AvgIpc) is 3.11. The van der Waals surface area contributed by atoms with Gasteiger partial charge in [-0.2, -0.15) is 0 Å². The van der Waals surface area contributed by atoms with Crippen LogP contribution in [0, 0.1) is 5.41 Å². The maximum absolute atomic E-state index is 12.3.